The van der Waals surface area contributed by atoms with E-state index in [1.807, 2.05) is 134 Å². The fourth-order valence-electron chi connectivity index (χ4n) is 10.4. The van der Waals surface area contributed by atoms with Crippen LogP contribution in [0.2, 0.25) is 0 Å². The molecule has 10 heteroatoms. The quantitative estimate of drug-likeness (QED) is 0.107. The molecule has 12 rings (SSSR count). The number of anilines is 4. The normalized spacial score (nSPS) is 12.5. The molecule has 11 aromatic rings. The van der Waals surface area contributed by atoms with E-state index in [4.69, 9.17) is 9.72 Å². The number of benzene rings is 9. The number of nitrogens with zero attached hydrogens (tertiary/aromatic N) is 4. The molecule has 0 N–H and O–H groups in total. The van der Waals surface area contributed by atoms with Crippen LogP contribution in [0.5, 0.6) is 11.5 Å². The third-order valence-corrected chi connectivity index (χ3v) is 14.2. The van der Waals surface area contributed by atoms with Gasteiger partial charge in [-0.3, -0.25) is 0 Å². The Labute approximate surface area is 466 Å². The van der Waals surface area contributed by atoms with Gasteiger partial charge in [0.1, 0.15) is 29.1 Å². The largest absolute Gasteiger partial charge is 0.509 e. The topological polar surface area (TPSA) is 33.5 Å². The van der Waals surface area contributed by atoms with Crippen molar-refractivity contribution in [2.45, 2.75) is 52.4 Å². The molecule has 9 aromatic carbocycles. The van der Waals surface area contributed by atoms with Crippen LogP contribution in [0.15, 0.2) is 194 Å². The molecule has 0 spiro atoms. The average molecular weight is 1210 g/mol. The minimum atomic E-state index is -0.767. The molecular weight excluding hydrogens is 1160 g/mol. The summed E-state index contributed by atoms with van der Waals surface area (Å²) in [6, 6.07) is 64.5. The molecule has 0 saturated carbocycles. The Morgan fingerprint density at radius 1 is 0.462 bits per heavy atom. The molecule has 0 amide bonds. The number of hydrogen-bond acceptors (Lipinski definition) is 4. The standard InChI is InChI=1S/C68H51F4N4O.Pt/c1-67(2,3)46-26-27-73-65(36-46)76-61-21-13-12-20-57(61)58-25-24-53(40-64(58)76)77-54-33-45(56-19-11-10-18-55(56)42-16-8-7-9-17-42)32-52(39-54)74-41-75(63-23-15-14-22-62(63)74)66-59(43-28-48(69)37-49(70)29-43)34-47(68(4,5)6)35-60(66)44-30-50(71)38-51(72)31-44;/h7-38,41H,1-6H3;/q-3;. The summed E-state index contributed by atoms with van der Waals surface area (Å²) in [6.07, 6.45) is 1.85. The molecule has 0 bridgehead atoms. The van der Waals surface area contributed by atoms with Gasteiger partial charge in [-0.15, -0.1) is 53.6 Å². The van der Waals surface area contributed by atoms with Crippen molar-refractivity contribution in [2.24, 2.45) is 0 Å². The zero-order valence-electron chi connectivity index (χ0n) is 43.6. The number of rotatable bonds is 9. The first-order valence-corrected chi connectivity index (χ1v) is 25.5. The Hall–Kier alpha value is -8.26. The Balaban J connectivity index is 0.00000645. The van der Waals surface area contributed by atoms with Crippen molar-refractivity contribution in [3.63, 3.8) is 0 Å². The number of para-hydroxylation sites is 3. The summed E-state index contributed by atoms with van der Waals surface area (Å²) in [4.78, 5) is 8.78. The second kappa shape index (κ2) is 20.3. The first-order chi connectivity index (χ1) is 37.0. The Morgan fingerprint density at radius 3 is 1.64 bits per heavy atom. The predicted octanol–water partition coefficient (Wildman–Crippen LogP) is 18.8. The summed E-state index contributed by atoms with van der Waals surface area (Å²) in [5.74, 6) is -1.45. The first-order valence-electron chi connectivity index (χ1n) is 25.5. The maximum Gasteiger partial charge on any atom is 0.135 e. The molecular formula is C68H51F4N4OPt-3. The minimum absolute atomic E-state index is 0. The molecule has 0 radical (unpaired) electrons. The second-order valence-electron chi connectivity index (χ2n) is 21.6. The zero-order chi connectivity index (χ0) is 53.3. The fourth-order valence-corrected chi connectivity index (χ4v) is 10.4. The number of aromatic nitrogens is 2. The van der Waals surface area contributed by atoms with E-state index in [1.54, 1.807) is 0 Å². The Bertz CT molecular complexity index is 3990. The second-order valence-corrected chi connectivity index (χ2v) is 21.6. The number of pyridine rings is 1. The van der Waals surface area contributed by atoms with Gasteiger partial charge in [0.15, 0.2) is 0 Å². The number of fused-ring (bicyclic) bond motifs is 4. The summed E-state index contributed by atoms with van der Waals surface area (Å²) < 4.78 is 70.7. The maximum atomic E-state index is 15.4. The number of ether oxygens (including phenoxy) is 1. The van der Waals surface area contributed by atoms with E-state index < -0.39 is 28.7 Å². The summed E-state index contributed by atoms with van der Waals surface area (Å²) >= 11 is 0. The van der Waals surface area contributed by atoms with Gasteiger partial charge in [0.2, 0.25) is 0 Å². The van der Waals surface area contributed by atoms with Gasteiger partial charge in [-0.25, -0.2) is 22.5 Å². The van der Waals surface area contributed by atoms with E-state index in [0.29, 0.717) is 39.7 Å². The number of hydrogen-bond donors (Lipinski definition) is 0. The van der Waals surface area contributed by atoms with Crippen molar-refractivity contribution < 1.29 is 43.4 Å². The van der Waals surface area contributed by atoms with Crippen LogP contribution in [-0.2, 0) is 31.9 Å². The molecule has 0 unspecified atom stereocenters. The van der Waals surface area contributed by atoms with Crippen LogP contribution < -0.4 is 14.5 Å². The van der Waals surface area contributed by atoms with Crippen LogP contribution in [0.1, 0.15) is 52.7 Å². The molecule has 5 nitrogen and oxygen atoms in total. The molecule has 1 aliphatic rings. The van der Waals surface area contributed by atoms with E-state index in [2.05, 4.69) is 98.1 Å². The summed E-state index contributed by atoms with van der Waals surface area (Å²) in [5.41, 5.74) is 10.8. The minimum Gasteiger partial charge on any atom is -0.509 e. The van der Waals surface area contributed by atoms with Crippen molar-refractivity contribution in [1.29, 1.82) is 0 Å². The molecule has 78 heavy (non-hydrogen) atoms. The van der Waals surface area contributed by atoms with Gasteiger partial charge < -0.3 is 19.1 Å². The van der Waals surface area contributed by atoms with Crippen molar-refractivity contribution in [3.8, 4) is 61.8 Å². The van der Waals surface area contributed by atoms with Gasteiger partial charge in [-0.1, -0.05) is 132 Å². The summed E-state index contributed by atoms with van der Waals surface area (Å²) in [7, 11) is 0. The maximum absolute atomic E-state index is 15.4. The van der Waals surface area contributed by atoms with Crippen molar-refractivity contribution >= 4 is 44.6 Å². The van der Waals surface area contributed by atoms with Crippen LogP contribution in [0.25, 0.3) is 72.1 Å². The van der Waals surface area contributed by atoms with Gasteiger partial charge in [0, 0.05) is 84.6 Å². The third kappa shape index (κ3) is 9.77. The molecule has 0 atom stereocenters. The van der Waals surface area contributed by atoms with Crippen LogP contribution >= 0.6 is 0 Å². The van der Waals surface area contributed by atoms with Crippen LogP contribution in [0.4, 0.5) is 40.3 Å². The summed E-state index contributed by atoms with van der Waals surface area (Å²) in [6.45, 7) is 14.5. The number of halogens is 4. The van der Waals surface area contributed by atoms with Crippen LogP contribution in [-0.4, -0.2) is 9.55 Å². The van der Waals surface area contributed by atoms with Crippen LogP contribution in [0, 0.1) is 42.1 Å². The molecule has 3 heterocycles. The van der Waals surface area contributed by atoms with Crippen molar-refractivity contribution in [2.75, 3.05) is 9.80 Å². The molecule has 0 saturated heterocycles. The van der Waals surface area contributed by atoms with E-state index in [9.17, 15) is 0 Å². The van der Waals surface area contributed by atoms with Gasteiger partial charge in [-0.05, 0) is 122 Å². The van der Waals surface area contributed by atoms with E-state index in [1.165, 1.54) is 24.3 Å². The Morgan fingerprint density at radius 2 is 1.01 bits per heavy atom. The van der Waals surface area contributed by atoms with E-state index in [0.717, 1.165) is 78.8 Å². The van der Waals surface area contributed by atoms with E-state index >= 15 is 17.6 Å². The van der Waals surface area contributed by atoms with Crippen molar-refractivity contribution in [3.05, 3.63) is 247 Å². The zero-order valence-corrected chi connectivity index (χ0v) is 45.8. The van der Waals surface area contributed by atoms with Gasteiger partial charge in [0.05, 0.1) is 0 Å². The van der Waals surface area contributed by atoms with Gasteiger partial charge in [0.25, 0.3) is 0 Å². The monoisotopic (exact) mass is 1210 g/mol. The summed E-state index contributed by atoms with van der Waals surface area (Å²) in [5, 5.41) is 2.05. The molecule has 1 aliphatic heterocycles. The third-order valence-electron chi connectivity index (χ3n) is 14.2. The Kier molecular flexibility index (Phi) is 13.5. The SMILES string of the molecule is CC(C)(C)c1ccnc(-n2c3[c-]c(Oc4[c-]c(N5[CH-]N(c6c(-c7cc(F)cc(F)c7)cc(C(C)(C)C)cc6-c6cc(F)cc(F)c6)c6ccccc65)cc(-c5ccccc5-c5ccccc5)c4)ccc3c3ccccc32)c1.[Pt]. The molecule has 0 aliphatic carbocycles. The molecule has 2 aromatic heterocycles. The predicted molar refractivity (Wildman–Crippen MR) is 303 cm³/mol. The van der Waals surface area contributed by atoms with Gasteiger partial charge >= 0.3 is 0 Å². The van der Waals surface area contributed by atoms with Gasteiger partial charge in [-0.2, -0.15) is 6.07 Å². The van der Waals surface area contributed by atoms with Crippen molar-refractivity contribution in [1.82, 2.24) is 9.55 Å². The average Bonchev–Trinajstić information content (AvgIpc) is 4.13. The first kappa shape index (κ1) is 51.8. The van der Waals surface area contributed by atoms with E-state index in [-0.39, 0.29) is 37.6 Å². The molecule has 390 valence electrons. The molecule has 0 fully saturated rings. The van der Waals surface area contributed by atoms with Crippen LogP contribution in [0.3, 0.4) is 0 Å². The fraction of sp³-hybridized carbons (Fsp3) is 0.118. The smallest absolute Gasteiger partial charge is 0.135 e.